The largest absolute Gasteiger partial charge is 0.460 e. The van der Waals surface area contributed by atoms with E-state index < -0.39 is 30.3 Å². The maximum absolute atomic E-state index is 11.9. The predicted octanol–water partition coefficient (Wildman–Crippen LogP) is 9.80. The number of rotatable bonds is 7. The third-order valence-electron chi connectivity index (χ3n) is 6.22. The van der Waals surface area contributed by atoms with Gasteiger partial charge < -0.3 is 9.47 Å². The number of carbonyl (C=O) groups is 2. The van der Waals surface area contributed by atoms with Gasteiger partial charge in [-0.05, 0) is 62.3 Å². The molecule has 2 rings (SSSR count). The lowest BCUT2D eigenvalue weighted by Crippen LogP contribution is -2.46. The molecule has 41 heavy (non-hydrogen) atoms. The highest BCUT2D eigenvalue weighted by Crippen LogP contribution is 2.36. The Morgan fingerprint density at radius 1 is 0.707 bits per heavy atom. The maximum atomic E-state index is 11.9. The van der Waals surface area contributed by atoms with Crippen molar-refractivity contribution in [2.75, 3.05) is 0 Å². The van der Waals surface area contributed by atoms with Crippen LogP contribution in [0.2, 0.25) is 0 Å². The first-order valence-corrected chi connectivity index (χ1v) is 13.7. The molecule has 0 radical (unpaired) electrons. The molecule has 0 N–H and O–H groups in total. The van der Waals surface area contributed by atoms with Gasteiger partial charge in [-0.1, -0.05) is 84.0 Å². The number of hydrogen-bond acceptors (Lipinski definition) is 4. The van der Waals surface area contributed by atoms with E-state index in [1.807, 2.05) is 34.6 Å². The Hall–Kier alpha value is -2.78. The highest BCUT2D eigenvalue weighted by atomic mass is 19.4. The highest BCUT2D eigenvalue weighted by molar-refractivity contribution is 5.83. The molecule has 10 heteroatoms. The molecule has 0 aliphatic carbocycles. The van der Waals surface area contributed by atoms with Crippen LogP contribution in [0.4, 0.5) is 26.3 Å². The van der Waals surface area contributed by atoms with Gasteiger partial charge in [0.1, 0.15) is 5.60 Å². The van der Waals surface area contributed by atoms with E-state index in [-0.39, 0.29) is 23.9 Å². The number of halogens is 6. The molecular formula is C31H44F6O4. The Labute approximate surface area is 239 Å². The van der Waals surface area contributed by atoms with Crippen LogP contribution in [-0.4, -0.2) is 36.0 Å². The van der Waals surface area contributed by atoms with Gasteiger partial charge in [0, 0.05) is 0 Å². The van der Waals surface area contributed by atoms with Gasteiger partial charge in [-0.2, -0.15) is 26.3 Å². The standard InChI is InChI=1S/C14H16.C9H18O2.C8H10F6O2/c1-3-11(2)13-9-8-12-6-4-5-7-14(12)10-13;1-6-7(2)8(10)11-9(3,4)5;1-3-4(2)5(15)16-6(7(9,10)11)8(12,13)14/h4-11H,3H2,1-2H3;7H,6H2,1-5H3;4,6H,3H2,1-2H3. The van der Waals surface area contributed by atoms with Crippen molar-refractivity contribution in [1.29, 1.82) is 0 Å². The van der Waals surface area contributed by atoms with E-state index >= 15 is 0 Å². The lowest BCUT2D eigenvalue weighted by Gasteiger charge is -2.23. The molecule has 0 bridgehead atoms. The van der Waals surface area contributed by atoms with Gasteiger partial charge in [0.2, 0.25) is 0 Å². The first kappa shape index (κ1) is 38.2. The molecule has 0 saturated carbocycles. The smallest absolute Gasteiger partial charge is 0.434 e. The Bertz CT molecular complexity index is 1060. The van der Waals surface area contributed by atoms with Gasteiger partial charge in [0.15, 0.2) is 0 Å². The van der Waals surface area contributed by atoms with Crippen LogP contribution < -0.4 is 0 Å². The van der Waals surface area contributed by atoms with Gasteiger partial charge in [-0.25, -0.2) is 0 Å². The number of carbonyl (C=O) groups excluding carboxylic acids is 2. The van der Waals surface area contributed by atoms with E-state index in [9.17, 15) is 35.9 Å². The average molecular weight is 595 g/mol. The molecule has 0 aromatic heterocycles. The van der Waals surface area contributed by atoms with Crippen LogP contribution in [0.5, 0.6) is 0 Å². The molecule has 0 fully saturated rings. The third kappa shape index (κ3) is 14.6. The molecule has 2 aromatic carbocycles. The van der Waals surface area contributed by atoms with E-state index in [1.165, 1.54) is 36.6 Å². The van der Waals surface area contributed by atoms with E-state index in [2.05, 4.69) is 61.0 Å². The number of alkyl halides is 6. The molecule has 2 aromatic rings. The zero-order chi connectivity index (χ0) is 32.2. The summed E-state index contributed by atoms with van der Waals surface area (Å²) in [7, 11) is 0. The van der Waals surface area contributed by atoms with E-state index in [0.717, 1.165) is 6.42 Å². The zero-order valence-electron chi connectivity index (χ0n) is 25.4. The van der Waals surface area contributed by atoms with Gasteiger partial charge in [0.05, 0.1) is 11.8 Å². The quantitative estimate of drug-likeness (QED) is 0.237. The van der Waals surface area contributed by atoms with Crippen molar-refractivity contribution in [1.82, 2.24) is 0 Å². The van der Waals surface area contributed by atoms with Gasteiger partial charge in [0.25, 0.3) is 6.10 Å². The molecule has 0 aliphatic rings. The van der Waals surface area contributed by atoms with Crippen molar-refractivity contribution in [3.05, 3.63) is 48.0 Å². The normalized spacial score (nSPS) is 14.1. The van der Waals surface area contributed by atoms with Gasteiger partial charge >= 0.3 is 24.3 Å². The number of hydrogen-bond donors (Lipinski definition) is 0. The molecule has 0 amide bonds. The first-order valence-electron chi connectivity index (χ1n) is 13.7. The zero-order valence-corrected chi connectivity index (χ0v) is 25.4. The average Bonchev–Trinajstić information content (AvgIpc) is 2.88. The summed E-state index contributed by atoms with van der Waals surface area (Å²) < 4.78 is 80.3. The SMILES string of the molecule is CCC(C)C(=O)OC(C(F)(F)F)C(F)(F)F.CCC(C)C(=O)OC(C)(C)C.CCC(C)c1ccc2ccccc2c1. The number of benzene rings is 2. The molecule has 3 unspecified atom stereocenters. The second-order valence-electron chi connectivity index (χ2n) is 11.0. The van der Waals surface area contributed by atoms with Crippen molar-refractivity contribution in [2.24, 2.45) is 11.8 Å². The molecule has 0 saturated heterocycles. The molecule has 0 heterocycles. The Morgan fingerprint density at radius 2 is 1.17 bits per heavy atom. The van der Waals surface area contributed by atoms with Crippen LogP contribution in [0.15, 0.2) is 42.5 Å². The van der Waals surface area contributed by atoms with Gasteiger partial charge in [-0.3, -0.25) is 9.59 Å². The molecular weight excluding hydrogens is 550 g/mol. The predicted molar refractivity (Wildman–Crippen MR) is 149 cm³/mol. The fraction of sp³-hybridized carbons (Fsp3) is 0.613. The van der Waals surface area contributed by atoms with Crippen LogP contribution in [-0.2, 0) is 19.1 Å². The molecule has 234 valence electrons. The number of ether oxygens (including phenoxy) is 2. The van der Waals surface area contributed by atoms with Crippen LogP contribution in [0, 0.1) is 11.8 Å². The molecule has 0 aliphatic heterocycles. The minimum atomic E-state index is -5.65. The Morgan fingerprint density at radius 3 is 1.59 bits per heavy atom. The number of fused-ring (bicyclic) bond motifs is 1. The van der Waals surface area contributed by atoms with E-state index in [4.69, 9.17) is 4.74 Å². The van der Waals surface area contributed by atoms with Gasteiger partial charge in [-0.15, -0.1) is 0 Å². The second kappa shape index (κ2) is 16.6. The fourth-order valence-corrected chi connectivity index (χ4v) is 3.04. The molecule has 4 nitrogen and oxygen atoms in total. The fourth-order valence-electron chi connectivity index (χ4n) is 3.04. The Balaban J connectivity index is 0.000000596. The highest BCUT2D eigenvalue weighted by Gasteiger charge is 2.60. The lowest BCUT2D eigenvalue weighted by atomic mass is 9.96. The lowest BCUT2D eigenvalue weighted by molar-refractivity contribution is -0.314. The summed E-state index contributed by atoms with van der Waals surface area (Å²) in [6.45, 7) is 16.7. The van der Waals surface area contributed by atoms with Crippen LogP contribution >= 0.6 is 0 Å². The summed E-state index contributed by atoms with van der Waals surface area (Å²) in [5, 5.41) is 2.69. The number of esters is 2. The summed E-state index contributed by atoms with van der Waals surface area (Å²) in [6, 6.07) is 15.3. The Kier molecular flexibility index (Phi) is 15.5. The minimum absolute atomic E-state index is 0.0224. The monoisotopic (exact) mass is 594 g/mol. The maximum Gasteiger partial charge on any atom is 0.434 e. The molecule has 3 atom stereocenters. The van der Waals surface area contributed by atoms with Crippen molar-refractivity contribution in [2.45, 2.75) is 112 Å². The summed E-state index contributed by atoms with van der Waals surface area (Å²) >= 11 is 0. The minimum Gasteiger partial charge on any atom is -0.460 e. The van der Waals surface area contributed by atoms with Crippen molar-refractivity contribution in [3.8, 4) is 0 Å². The summed E-state index contributed by atoms with van der Waals surface area (Å²) in [4.78, 5) is 22.0. The van der Waals surface area contributed by atoms with Crippen LogP contribution in [0.25, 0.3) is 10.8 Å². The van der Waals surface area contributed by atoms with Crippen molar-refractivity contribution < 1.29 is 45.4 Å². The van der Waals surface area contributed by atoms with Crippen LogP contribution in [0.3, 0.4) is 0 Å². The molecule has 0 spiro atoms. The second-order valence-corrected chi connectivity index (χ2v) is 11.0. The summed E-state index contributed by atoms with van der Waals surface area (Å²) in [5.41, 5.74) is 1.10. The van der Waals surface area contributed by atoms with Crippen molar-refractivity contribution >= 4 is 22.7 Å². The van der Waals surface area contributed by atoms with Crippen molar-refractivity contribution in [3.63, 3.8) is 0 Å². The van der Waals surface area contributed by atoms with Crippen LogP contribution in [0.1, 0.15) is 93.1 Å². The third-order valence-corrected chi connectivity index (χ3v) is 6.22. The first-order chi connectivity index (χ1) is 18.7. The summed E-state index contributed by atoms with van der Waals surface area (Å²) in [5.74, 6) is -1.93. The van der Waals surface area contributed by atoms with E-state index in [0.29, 0.717) is 5.92 Å². The topological polar surface area (TPSA) is 52.6 Å². The summed E-state index contributed by atoms with van der Waals surface area (Å²) in [6.07, 6.45) is -13.2. The van der Waals surface area contributed by atoms with E-state index in [1.54, 1.807) is 0 Å².